The third kappa shape index (κ3) is 4.73. The van der Waals surface area contributed by atoms with Gasteiger partial charge in [0, 0.05) is 6.42 Å². The van der Waals surface area contributed by atoms with Crippen LogP contribution >= 0.6 is 0 Å². The molecular formula is C12H22N2O3. The summed E-state index contributed by atoms with van der Waals surface area (Å²) in [7, 11) is 0. The second kappa shape index (κ2) is 6.59. The van der Waals surface area contributed by atoms with Gasteiger partial charge in [0.05, 0.1) is 0 Å². The Morgan fingerprint density at radius 1 is 1.47 bits per heavy atom. The van der Waals surface area contributed by atoms with Crippen molar-refractivity contribution in [1.29, 1.82) is 0 Å². The van der Waals surface area contributed by atoms with E-state index in [4.69, 9.17) is 5.11 Å². The highest BCUT2D eigenvalue weighted by molar-refractivity contribution is 5.83. The molecular weight excluding hydrogens is 220 g/mol. The van der Waals surface area contributed by atoms with Crippen LogP contribution in [-0.2, 0) is 9.59 Å². The van der Waals surface area contributed by atoms with Gasteiger partial charge < -0.3 is 15.7 Å². The van der Waals surface area contributed by atoms with Crippen LogP contribution in [0.15, 0.2) is 0 Å². The van der Waals surface area contributed by atoms with Crippen LogP contribution in [0, 0.1) is 11.8 Å². The van der Waals surface area contributed by atoms with E-state index in [0.717, 1.165) is 25.9 Å². The number of carboxylic acids is 1. The van der Waals surface area contributed by atoms with Crippen molar-refractivity contribution >= 4 is 11.9 Å². The molecule has 5 nitrogen and oxygen atoms in total. The fourth-order valence-electron chi connectivity index (χ4n) is 2.06. The summed E-state index contributed by atoms with van der Waals surface area (Å²) in [6.07, 6.45) is 2.37. The van der Waals surface area contributed by atoms with Gasteiger partial charge in [-0.2, -0.15) is 0 Å². The first kappa shape index (κ1) is 14.0. The normalized spacial score (nSPS) is 21.5. The minimum Gasteiger partial charge on any atom is -0.480 e. The summed E-state index contributed by atoms with van der Waals surface area (Å²) in [6, 6.07) is -0.774. The van der Waals surface area contributed by atoms with Crippen LogP contribution in [0.5, 0.6) is 0 Å². The highest BCUT2D eigenvalue weighted by Gasteiger charge is 2.24. The molecule has 1 aliphatic rings. The van der Waals surface area contributed by atoms with Crippen LogP contribution < -0.4 is 10.6 Å². The maximum absolute atomic E-state index is 11.6. The first-order chi connectivity index (χ1) is 8.00. The summed E-state index contributed by atoms with van der Waals surface area (Å²) >= 11 is 0. The minimum absolute atomic E-state index is 0.0930. The van der Waals surface area contributed by atoms with E-state index in [-0.39, 0.29) is 11.8 Å². The van der Waals surface area contributed by atoms with Crippen molar-refractivity contribution < 1.29 is 14.7 Å². The fraction of sp³-hybridized carbons (Fsp3) is 0.833. The van der Waals surface area contributed by atoms with E-state index < -0.39 is 12.0 Å². The smallest absolute Gasteiger partial charge is 0.326 e. The molecule has 2 unspecified atom stereocenters. The van der Waals surface area contributed by atoms with Crippen molar-refractivity contribution in [3.05, 3.63) is 0 Å². The maximum Gasteiger partial charge on any atom is 0.326 e. The number of hydrogen-bond acceptors (Lipinski definition) is 3. The number of carbonyl (C=O) groups excluding carboxylic acids is 1. The topological polar surface area (TPSA) is 78.4 Å². The number of carboxylic acid groups (broad SMARTS) is 1. The van der Waals surface area contributed by atoms with Crippen LogP contribution in [0.2, 0.25) is 0 Å². The summed E-state index contributed by atoms with van der Waals surface area (Å²) in [4.78, 5) is 22.5. The summed E-state index contributed by atoms with van der Waals surface area (Å²) in [5.41, 5.74) is 0. The molecule has 1 fully saturated rings. The van der Waals surface area contributed by atoms with Gasteiger partial charge in [-0.15, -0.1) is 0 Å². The monoisotopic (exact) mass is 242 g/mol. The second-order valence-corrected chi connectivity index (χ2v) is 5.02. The third-order valence-corrected chi connectivity index (χ3v) is 3.19. The van der Waals surface area contributed by atoms with E-state index in [0.29, 0.717) is 12.3 Å². The van der Waals surface area contributed by atoms with Crippen molar-refractivity contribution in [1.82, 2.24) is 10.6 Å². The van der Waals surface area contributed by atoms with Gasteiger partial charge in [0.2, 0.25) is 5.91 Å². The molecule has 0 spiro atoms. The number of aliphatic carboxylic acids is 1. The number of carbonyl (C=O) groups is 2. The van der Waals surface area contributed by atoms with Gasteiger partial charge >= 0.3 is 5.97 Å². The second-order valence-electron chi connectivity index (χ2n) is 5.02. The summed E-state index contributed by atoms with van der Waals surface area (Å²) < 4.78 is 0. The van der Waals surface area contributed by atoms with Gasteiger partial charge in [-0.05, 0) is 37.8 Å². The molecule has 2 atom stereocenters. The van der Waals surface area contributed by atoms with E-state index in [1.165, 1.54) is 0 Å². The number of nitrogens with one attached hydrogen (secondary N) is 2. The summed E-state index contributed by atoms with van der Waals surface area (Å²) in [6.45, 7) is 5.58. The van der Waals surface area contributed by atoms with Crippen LogP contribution in [0.3, 0.4) is 0 Å². The lowest BCUT2D eigenvalue weighted by molar-refractivity contribution is -0.143. The van der Waals surface area contributed by atoms with Crippen molar-refractivity contribution in [3.63, 3.8) is 0 Å². The molecule has 0 radical (unpaired) electrons. The zero-order valence-corrected chi connectivity index (χ0v) is 10.5. The molecule has 0 aromatic heterocycles. The maximum atomic E-state index is 11.6. The molecule has 1 aliphatic heterocycles. The standard InChI is InChI=1S/C12H22N2O3/c1-8(2)11(12(16)17)14-10(15)4-3-9-5-6-13-7-9/h8-9,11,13H,3-7H2,1-2H3,(H,14,15)(H,16,17). The number of hydrogen-bond donors (Lipinski definition) is 3. The molecule has 1 amide bonds. The lowest BCUT2D eigenvalue weighted by Crippen LogP contribution is -2.44. The number of amides is 1. The molecule has 1 rings (SSSR count). The Bertz CT molecular complexity index is 273. The summed E-state index contributed by atoms with van der Waals surface area (Å²) in [5, 5.41) is 14.8. The molecule has 3 N–H and O–H groups in total. The average molecular weight is 242 g/mol. The van der Waals surface area contributed by atoms with Crippen LogP contribution in [0.4, 0.5) is 0 Å². The quantitative estimate of drug-likeness (QED) is 0.637. The molecule has 1 saturated heterocycles. The first-order valence-electron chi connectivity index (χ1n) is 6.23. The van der Waals surface area contributed by atoms with E-state index in [1.807, 2.05) is 0 Å². The molecule has 98 valence electrons. The van der Waals surface area contributed by atoms with Crippen LogP contribution in [0.25, 0.3) is 0 Å². The SMILES string of the molecule is CC(C)C(NC(=O)CCC1CCNC1)C(=O)O. The molecule has 5 heteroatoms. The Labute approximate surface area is 102 Å². The average Bonchev–Trinajstić information content (AvgIpc) is 2.74. The van der Waals surface area contributed by atoms with Gasteiger partial charge in [0.25, 0.3) is 0 Å². The zero-order valence-electron chi connectivity index (χ0n) is 10.5. The Hall–Kier alpha value is -1.10. The van der Waals surface area contributed by atoms with Gasteiger partial charge in [-0.1, -0.05) is 13.8 Å². The van der Waals surface area contributed by atoms with Crippen molar-refractivity contribution in [3.8, 4) is 0 Å². The van der Waals surface area contributed by atoms with E-state index in [9.17, 15) is 9.59 Å². The molecule has 0 aromatic rings. The van der Waals surface area contributed by atoms with Crippen LogP contribution in [-0.4, -0.2) is 36.1 Å². The van der Waals surface area contributed by atoms with Crippen molar-refractivity contribution in [2.75, 3.05) is 13.1 Å². The van der Waals surface area contributed by atoms with Crippen molar-refractivity contribution in [2.24, 2.45) is 11.8 Å². The Morgan fingerprint density at radius 2 is 2.18 bits per heavy atom. The molecule has 0 aliphatic carbocycles. The molecule has 17 heavy (non-hydrogen) atoms. The van der Waals surface area contributed by atoms with Gasteiger partial charge in [0.15, 0.2) is 0 Å². The van der Waals surface area contributed by atoms with Gasteiger partial charge in [-0.25, -0.2) is 4.79 Å². The molecule has 0 aromatic carbocycles. The fourth-order valence-corrected chi connectivity index (χ4v) is 2.06. The third-order valence-electron chi connectivity index (χ3n) is 3.19. The van der Waals surface area contributed by atoms with Gasteiger partial charge in [0.1, 0.15) is 6.04 Å². The largest absolute Gasteiger partial charge is 0.480 e. The Balaban J connectivity index is 2.29. The predicted octanol–water partition coefficient (Wildman–Crippen LogP) is 0.601. The Kier molecular flexibility index (Phi) is 5.41. The highest BCUT2D eigenvalue weighted by Crippen LogP contribution is 2.14. The van der Waals surface area contributed by atoms with E-state index in [1.54, 1.807) is 13.8 Å². The molecule has 0 saturated carbocycles. The lowest BCUT2D eigenvalue weighted by Gasteiger charge is -2.18. The summed E-state index contributed by atoms with van der Waals surface area (Å²) in [5.74, 6) is -0.651. The van der Waals surface area contributed by atoms with Crippen LogP contribution in [0.1, 0.15) is 33.1 Å². The number of rotatable bonds is 6. The highest BCUT2D eigenvalue weighted by atomic mass is 16.4. The molecule has 1 heterocycles. The predicted molar refractivity (Wildman–Crippen MR) is 64.6 cm³/mol. The minimum atomic E-state index is -0.962. The van der Waals surface area contributed by atoms with Gasteiger partial charge in [-0.3, -0.25) is 4.79 Å². The zero-order chi connectivity index (χ0) is 12.8. The van der Waals surface area contributed by atoms with E-state index >= 15 is 0 Å². The van der Waals surface area contributed by atoms with E-state index in [2.05, 4.69) is 10.6 Å². The Morgan fingerprint density at radius 3 is 2.65 bits per heavy atom. The van der Waals surface area contributed by atoms with Crippen molar-refractivity contribution in [2.45, 2.75) is 39.2 Å². The lowest BCUT2D eigenvalue weighted by atomic mass is 10.0. The first-order valence-corrected chi connectivity index (χ1v) is 6.23. The molecule has 0 bridgehead atoms.